The van der Waals surface area contributed by atoms with Crippen LogP contribution in [0.5, 0.6) is 0 Å². The Kier molecular flexibility index (Phi) is 14.1. The highest BCUT2D eigenvalue weighted by atomic mass is 32.2. The number of aryl methyl sites for hydroxylation is 1. The standard InChI is InChI=1S/C21H36O7S/c1-3-4-5-9-12-20(13-10-7-6-8-11-18-25-28-27-22)26-29(23,24)21-16-14-19(2)15-17-21/h14-17,20,22H,3-13,18H2,1-2H3. The summed E-state index contributed by atoms with van der Waals surface area (Å²) in [5, 5.41) is 15.2. The van der Waals surface area contributed by atoms with E-state index in [-0.39, 0.29) is 11.0 Å². The molecule has 0 fully saturated rings. The average Bonchev–Trinajstić information content (AvgIpc) is 2.70. The fraction of sp³-hybridized carbons (Fsp3) is 0.714. The highest BCUT2D eigenvalue weighted by Crippen LogP contribution is 2.22. The van der Waals surface area contributed by atoms with E-state index < -0.39 is 10.1 Å². The first-order valence-electron chi connectivity index (χ1n) is 10.6. The van der Waals surface area contributed by atoms with Crippen LogP contribution in [0.3, 0.4) is 0 Å². The van der Waals surface area contributed by atoms with Crippen molar-refractivity contribution in [2.75, 3.05) is 6.61 Å². The summed E-state index contributed by atoms with van der Waals surface area (Å²) in [5.41, 5.74) is 1.01. The van der Waals surface area contributed by atoms with Gasteiger partial charge in [-0.1, -0.05) is 76.0 Å². The van der Waals surface area contributed by atoms with E-state index in [1.807, 2.05) is 6.92 Å². The number of rotatable bonds is 18. The molecule has 0 amide bonds. The van der Waals surface area contributed by atoms with E-state index in [9.17, 15) is 8.42 Å². The highest BCUT2D eigenvalue weighted by molar-refractivity contribution is 7.86. The molecule has 1 rings (SSSR count). The zero-order chi connectivity index (χ0) is 21.4. The maximum atomic E-state index is 12.6. The predicted molar refractivity (Wildman–Crippen MR) is 110 cm³/mol. The van der Waals surface area contributed by atoms with E-state index in [1.165, 1.54) is 0 Å². The second kappa shape index (κ2) is 15.8. The first-order valence-corrected chi connectivity index (χ1v) is 12.0. The topological polar surface area (TPSA) is 91.3 Å². The van der Waals surface area contributed by atoms with Crippen molar-refractivity contribution < 1.29 is 32.8 Å². The predicted octanol–water partition coefficient (Wildman–Crippen LogP) is 5.73. The third kappa shape index (κ3) is 12.3. The molecular formula is C21H36O7S. The van der Waals surface area contributed by atoms with Gasteiger partial charge in [0.1, 0.15) is 0 Å². The quantitative estimate of drug-likeness (QED) is 0.137. The van der Waals surface area contributed by atoms with Crippen molar-refractivity contribution in [1.29, 1.82) is 0 Å². The van der Waals surface area contributed by atoms with Gasteiger partial charge < -0.3 is 0 Å². The van der Waals surface area contributed by atoms with Crippen LogP contribution in [0.15, 0.2) is 29.2 Å². The van der Waals surface area contributed by atoms with Gasteiger partial charge in [0.05, 0.1) is 17.6 Å². The van der Waals surface area contributed by atoms with E-state index in [0.717, 1.165) is 76.2 Å². The minimum Gasteiger partial charge on any atom is -0.263 e. The lowest BCUT2D eigenvalue weighted by molar-refractivity contribution is -0.623. The summed E-state index contributed by atoms with van der Waals surface area (Å²) in [4.78, 5) is 4.76. The van der Waals surface area contributed by atoms with Gasteiger partial charge in [0.25, 0.3) is 10.1 Å². The zero-order valence-electron chi connectivity index (χ0n) is 17.7. The van der Waals surface area contributed by atoms with Crippen LogP contribution in [0.25, 0.3) is 0 Å². The molecule has 1 atom stereocenters. The molecule has 0 aliphatic carbocycles. The van der Waals surface area contributed by atoms with Crippen molar-refractivity contribution in [1.82, 2.24) is 0 Å². The van der Waals surface area contributed by atoms with Crippen molar-refractivity contribution in [3.05, 3.63) is 29.8 Å². The minimum atomic E-state index is -3.74. The van der Waals surface area contributed by atoms with Crippen molar-refractivity contribution >= 4 is 10.1 Å². The van der Waals surface area contributed by atoms with Gasteiger partial charge in [-0.25, -0.2) is 10.1 Å². The Morgan fingerprint density at radius 2 is 1.48 bits per heavy atom. The molecule has 0 heterocycles. The number of unbranched alkanes of at least 4 members (excludes halogenated alkanes) is 7. The van der Waals surface area contributed by atoms with Gasteiger partial charge in [-0.15, -0.1) is 0 Å². The summed E-state index contributed by atoms with van der Waals surface area (Å²) in [5.74, 6) is 0. The third-order valence-electron chi connectivity index (χ3n) is 4.78. The largest absolute Gasteiger partial charge is 0.297 e. The molecule has 0 saturated carbocycles. The SMILES string of the molecule is CCCCCCC(CCCCCCCOOOO)OS(=O)(=O)c1ccc(C)cc1. The molecule has 0 aliphatic heterocycles. The van der Waals surface area contributed by atoms with Crippen LogP contribution in [0.1, 0.15) is 83.1 Å². The Labute approximate surface area is 175 Å². The number of hydrogen-bond acceptors (Lipinski definition) is 7. The van der Waals surface area contributed by atoms with E-state index in [4.69, 9.17) is 9.44 Å². The summed E-state index contributed by atoms with van der Waals surface area (Å²) in [6.07, 6.45) is 10.3. The Balaban J connectivity index is 2.43. The first kappa shape index (κ1) is 26.0. The molecular weight excluding hydrogens is 396 g/mol. The van der Waals surface area contributed by atoms with Crippen LogP contribution in [-0.2, 0) is 29.3 Å². The van der Waals surface area contributed by atoms with Crippen LogP contribution in [0, 0.1) is 6.92 Å². The Morgan fingerprint density at radius 3 is 2.10 bits per heavy atom. The molecule has 1 aromatic carbocycles. The molecule has 1 aromatic rings. The van der Waals surface area contributed by atoms with E-state index >= 15 is 0 Å². The van der Waals surface area contributed by atoms with Crippen LogP contribution in [0.2, 0.25) is 0 Å². The van der Waals surface area contributed by atoms with E-state index in [1.54, 1.807) is 24.3 Å². The average molecular weight is 433 g/mol. The lowest BCUT2D eigenvalue weighted by atomic mass is 10.0. The maximum absolute atomic E-state index is 12.6. The van der Waals surface area contributed by atoms with Crippen LogP contribution < -0.4 is 0 Å². The Morgan fingerprint density at radius 1 is 0.897 bits per heavy atom. The molecule has 29 heavy (non-hydrogen) atoms. The molecule has 168 valence electrons. The monoisotopic (exact) mass is 432 g/mol. The van der Waals surface area contributed by atoms with Crippen molar-refractivity contribution in [3.8, 4) is 0 Å². The summed E-state index contributed by atoms with van der Waals surface area (Å²) in [7, 11) is -3.74. The van der Waals surface area contributed by atoms with Crippen LogP contribution in [-0.4, -0.2) is 26.4 Å². The summed E-state index contributed by atoms with van der Waals surface area (Å²) < 4.78 is 30.9. The summed E-state index contributed by atoms with van der Waals surface area (Å²) in [6.45, 7) is 4.43. The van der Waals surface area contributed by atoms with Gasteiger partial charge in [-0.2, -0.15) is 8.42 Å². The van der Waals surface area contributed by atoms with Gasteiger partial charge in [0.2, 0.25) is 0 Å². The number of benzene rings is 1. The van der Waals surface area contributed by atoms with Crippen LogP contribution >= 0.6 is 0 Å². The Hall–Kier alpha value is -1.03. The number of hydrogen-bond donors (Lipinski definition) is 1. The Bertz CT molecular complexity index is 616. The van der Waals surface area contributed by atoms with Gasteiger partial charge in [-0.05, 0) is 48.4 Å². The van der Waals surface area contributed by atoms with E-state index in [2.05, 4.69) is 21.9 Å². The fourth-order valence-corrected chi connectivity index (χ4v) is 4.23. The molecule has 7 nitrogen and oxygen atoms in total. The normalized spacial score (nSPS) is 12.9. The van der Waals surface area contributed by atoms with Gasteiger partial charge in [-0.3, -0.25) is 4.18 Å². The molecule has 1 unspecified atom stereocenters. The molecule has 1 N–H and O–H groups in total. The summed E-state index contributed by atoms with van der Waals surface area (Å²) in [6, 6.07) is 6.78. The molecule has 0 spiro atoms. The third-order valence-corrected chi connectivity index (χ3v) is 6.16. The van der Waals surface area contributed by atoms with Gasteiger partial charge in [0.15, 0.2) is 0 Å². The van der Waals surface area contributed by atoms with Crippen molar-refractivity contribution in [3.63, 3.8) is 0 Å². The molecule has 0 radical (unpaired) electrons. The van der Waals surface area contributed by atoms with E-state index in [0.29, 0.717) is 6.61 Å². The smallest absolute Gasteiger partial charge is 0.263 e. The molecule has 8 heteroatoms. The zero-order valence-corrected chi connectivity index (χ0v) is 18.5. The fourth-order valence-electron chi connectivity index (χ4n) is 3.10. The lowest BCUT2D eigenvalue weighted by Gasteiger charge is -2.18. The molecule has 0 bridgehead atoms. The molecule has 0 saturated heterocycles. The van der Waals surface area contributed by atoms with Crippen molar-refractivity contribution in [2.45, 2.75) is 95.5 Å². The minimum absolute atomic E-state index is 0.218. The molecule has 0 aliphatic rings. The summed E-state index contributed by atoms with van der Waals surface area (Å²) >= 11 is 0. The second-order valence-electron chi connectivity index (χ2n) is 7.36. The lowest BCUT2D eigenvalue weighted by Crippen LogP contribution is -2.19. The maximum Gasteiger partial charge on any atom is 0.297 e. The van der Waals surface area contributed by atoms with Gasteiger partial charge in [0, 0.05) is 0 Å². The first-order chi connectivity index (χ1) is 14.0. The highest BCUT2D eigenvalue weighted by Gasteiger charge is 2.21. The molecule has 0 aromatic heterocycles. The van der Waals surface area contributed by atoms with Gasteiger partial charge >= 0.3 is 0 Å². The van der Waals surface area contributed by atoms with Crippen LogP contribution in [0.4, 0.5) is 0 Å². The van der Waals surface area contributed by atoms with Crippen molar-refractivity contribution in [2.24, 2.45) is 0 Å². The second-order valence-corrected chi connectivity index (χ2v) is 8.93.